The van der Waals surface area contributed by atoms with Gasteiger partial charge < -0.3 is 19.1 Å². The van der Waals surface area contributed by atoms with Gasteiger partial charge in [0.1, 0.15) is 17.2 Å². The number of aromatic amines is 1. The molecule has 0 saturated carbocycles. The summed E-state index contributed by atoms with van der Waals surface area (Å²) in [7, 11) is 1.64. The molecule has 1 aliphatic heterocycles. The van der Waals surface area contributed by atoms with Crippen molar-refractivity contribution in [1.82, 2.24) is 15.1 Å². The van der Waals surface area contributed by atoms with Crippen LogP contribution in [0.5, 0.6) is 11.5 Å². The molecule has 174 valence electrons. The Bertz CT molecular complexity index is 1090. The fourth-order valence-electron chi connectivity index (χ4n) is 4.23. The molecule has 1 aliphatic rings. The standard InChI is InChI=1S/C26H31N3O4/c1-5-32-20-12-10-18(11-13-20)25-22-23(19-8-6-9-21(16-19)31-4)27-28-24(22)26(30)29(25)14-7-15-33-17(2)3/h6,8-13,16-17,25H,5,7,14-15H2,1-4H3,(H,27,28)/t25-/m0/s1. The van der Waals surface area contributed by atoms with E-state index in [0.717, 1.165) is 40.3 Å². The van der Waals surface area contributed by atoms with Crippen molar-refractivity contribution < 1.29 is 19.0 Å². The van der Waals surface area contributed by atoms with Crippen molar-refractivity contribution in [3.8, 4) is 22.8 Å². The van der Waals surface area contributed by atoms with E-state index in [-0.39, 0.29) is 18.1 Å². The SMILES string of the molecule is CCOc1ccc([C@H]2c3c(-c4cccc(OC)c4)n[nH]c3C(=O)N2CCCOC(C)C)cc1. The fraction of sp³-hybridized carbons (Fsp3) is 0.385. The molecule has 0 unspecified atom stereocenters. The summed E-state index contributed by atoms with van der Waals surface area (Å²) in [5, 5.41) is 7.54. The number of amides is 1. The van der Waals surface area contributed by atoms with Crippen molar-refractivity contribution >= 4 is 5.91 Å². The van der Waals surface area contributed by atoms with Crippen LogP contribution in [0, 0.1) is 0 Å². The van der Waals surface area contributed by atoms with Gasteiger partial charge in [0.05, 0.1) is 31.6 Å². The van der Waals surface area contributed by atoms with E-state index in [2.05, 4.69) is 10.2 Å². The number of benzene rings is 2. The number of carbonyl (C=O) groups excluding carboxylic acids is 1. The number of nitrogens with zero attached hydrogens (tertiary/aromatic N) is 2. The predicted molar refractivity (Wildman–Crippen MR) is 127 cm³/mol. The summed E-state index contributed by atoms with van der Waals surface area (Å²) in [6, 6.07) is 15.5. The number of hydrogen-bond acceptors (Lipinski definition) is 5. The summed E-state index contributed by atoms with van der Waals surface area (Å²) in [4.78, 5) is 15.3. The van der Waals surface area contributed by atoms with Gasteiger partial charge in [-0.2, -0.15) is 5.10 Å². The number of methoxy groups -OCH3 is 1. The van der Waals surface area contributed by atoms with Gasteiger partial charge >= 0.3 is 0 Å². The molecule has 1 N–H and O–H groups in total. The first-order chi connectivity index (χ1) is 16.0. The highest BCUT2D eigenvalue weighted by Gasteiger charge is 2.41. The molecule has 2 aromatic carbocycles. The van der Waals surface area contributed by atoms with Gasteiger partial charge in [-0.3, -0.25) is 9.89 Å². The molecule has 4 rings (SSSR count). The first kappa shape index (κ1) is 22.9. The highest BCUT2D eigenvalue weighted by atomic mass is 16.5. The molecule has 33 heavy (non-hydrogen) atoms. The van der Waals surface area contributed by atoms with Crippen molar-refractivity contribution in [2.75, 3.05) is 26.9 Å². The molecule has 1 atom stereocenters. The van der Waals surface area contributed by atoms with Crippen LogP contribution < -0.4 is 9.47 Å². The molecule has 0 bridgehead atoms. The summed E-state index contributed by atoms with van der Waals surface area (Å²) in [5.41, 5.74) is 4.11. The number of fused-ring (bicyclic) bond motifs is 1. The van der Waals surface area contributed by atoms with E-state index in [1.54, 1.807) is 7.11 Å². The van der Waals surface area contributed by atoms with Crippen molar-refractivity contribution in [2.45, 2.75) is 39.3 Å². The Kier molecular flexibility index (Phi) is 6.99. The van der Waals surface area contributed by atoms with Crippen LogP contribution in [0.1, 0.15) is 54.8 Å². The lowest BCUT2D eigenvalue weighted by Gasteiger charge is -2.26. The quantitative estimate of drug-likeness (QED) is 0.448. The van der Waals surface area contributed by atoms with Crippen molar-refractivity contribution in [1.29, 1.82) is 0 Å². The lowest BCUT2D eigenvalue weighted by molar-refractivity contribution is 0.0601. The molecule has 3 aromatic rings. The lowest BCUT2D eigenvalue weighted by atomic mass is 9.96. The second-order valence-electron chi connectivity index (χ2n) is 8.27. The van der Waals surface area contributed by atoms with Crippen LogP contribution in [-0.4, -0.2) is 54.0 Å². The number of nitrogens with one attached hydrogen (secondary N) is 1. The molecule has 0 saturated heterocycles. The Labute approximate surface area is 194 Å². The van der Waals surface area contributed by atoms with Crippen LogP contribution in [0.3, 0.4) is 0 Å². The fourth-order valence-corrected chi connectivity index (χ4v) is 4.23. The maximum absolute atomic E-state index is 13.4. The largest absolute Gasteiger partial charge is 0.497 e. The van der Waals surface area contributed by atoms with E-state index < -0.39 is 0 Å². The van der Waals surface area contributed by atoms with Crippen LogP contribution in [0.4, 0.5) is 0 Å². The van der Waals surface area contributed by atoms with Crippen molar-refractivity contribution in [3.05, 3.63) is 65.4 Å². The Morgan fingerprint density at radius 2 is 1.91 bits per heavy atom. The van der Waals surface area contributed by atoms with Crippen LogP contribution in [0.25, 0.3) is 11.3 Å². The topological polar surface area (TPSA) is 76.7 Å². The van der Waals surface area contributed by atoms with E-state index in [9.17, 15) is 4.79 Å². The molecule has 1 aromatic heterocycles. The van der Waals surface area contributed by atoms with E-state index in [1.165, 1.54) is 0 Å². The number of ether oxygens (including phenoxy) is 3. The van der Waals surface area contributed by atoms with Crippen molar-refractivity contribution in [3.63, 3.8) is 0 Å². The second kappa shape index (κ2) is 10.1. The second-order valence-corrected chi connectivity index (χ2v) is 8.27. The summed E-state index contributed by atoms with van der Waals surface area (Å²) in [6.45, 7) is 7.79. The first-order valence-corrected chi connectivity index (χ1v) is 11.4. The monoisotopic (exact) mass is 449 g/mol. The Hall–Kier alpha value is -3.32. The van der Waals surface area contributed by atoms with Gasteiger partial charge in [-0.15, -0.1) is 0 Å². The molecule has 7 heteroatoms. The highest BCUT2D eigenvalue weighted by Crippen LogP contribution is 2.43. The molecule has 0 fully saturated rings. The van der Waals surface area contributed by atoms with E-state index >= 15 is 0 Å². The first-order valence-electron chi connectivity index (χ1n) is 11.4. The third-order valence-electron chi connectivity index (χ3n) is 5.71. The molecule has 0 spiro atoms. The maximum atomic E-state index is 13.4. The molecule has 1 amide bonds. The number of H-pyrrole nitrogens is 1. The maximum Gasteiger partial charge on any atom is 0.273 e. The van der Waals surface area contributed by atoms with E-state index in [4.69, 9.17) is 14.2 Å². The average molecular weight is 450 g/mol. The van der Waals surface area contributed by atoms with Gasteiger partial charge in [-0.25, -0.2) is 0 Å². The Morgan fingerprint density at radius 3 is 2.61 bits per heavy atom. The van der Waals surface area contributed by atoms with E-state index in [1.807, 2.05) is 74.2 Å². The summed E-state index contributed by atoms with van der Waals surface area (Å²) in [5.74, 6) is 1.51. The summed E-state index contributed by atoms with van der Waals surface area (Å²) >= 11 is 0. The van der Waals surface area contributed by atoms with Gasteiger partial charge in [0.2, 0.25) is 0 Å². The van der Waals surface area contributed by atoms with Gasteiger partial charge in [-0.05, 0) is 57.0 Å². The smallest absolute Gasteiger partial charge is 0.273 e. The van der Waals surface area contributed by atoms with Crippen LogP contribution in [0.2, 0.25) is 0 Å². The third-order valence-corrected chi connectivity index (χ3v) is 5.71. The van der Waals surface area contributed by atoms with Gasteiger partial charge in [-0.1, -0.05) is 24.3 Å². The van der Waals surface area contributed by atoms with E-state index in [0.29, 0.717) is 25.5 Å². The molecule has 7 nitrogen and oxygen atoms in total. The zero-order valence-corrected chi connectivity index (χ0v) is 19.6. The third kappa shape index (κ3) is 4.73. The minimum atomic E-state index is -0.248. The Morgan fingerprint density at radius 1 is 1.12 bits per heavy atom. The average Bonchev–Trinajstić information content (AvgIpc) is 3.36. The zero-order chi connectivity index (χ0) is 23.4. The van der Waals surface area contributed by atoms with Crippen LogP contribution in [-0.2, 0) is 4.74 Å². The predicted octanol–water partition coefficient (Wildman–Crippen LogP) is 4.84. The summed E-state index contributed by atoms with van der Waals surface area (Å²) in [6.07, 6.45) is 0.918. The molecule has 2 heterocycles. The number of hydrogen-bond donors (Lipinski definition) is 1. The minimum absolute atomic E-state index is 0.0462. The van der Waals surface area contributed by atoms with Crippen LogP contribution in [0.15, 0.2) is 48.5 Å². The molecule has 0 radical (unpaired) electrons. The molecular weight excluding hydrogens is 418 g/mol. The highest BCUT2D eigenvalue weighted by molar-refractivity contribution is 6.00. The number of aromatic nitrogens is 2. The van der Waals surface area contributed by atoms with Crippen molar-refractivity contribution in [2.24, 2.45) is 0 Å². The lowest BCUT2D eigenvalue weighted by Crippen LogP contribution is -2.31. The van der Waals surface area contributed by atoms with Gasteiger partial charge in [0.25, 0.3) is 5.91 Å². The van der Waals surface area contributed by atoms with Gasteiger partial charge in [0, 0.05) is 24.3 Å². The molecule has 0 aliphatic carbocycles. The Balaban J connectivity index is 1.72. The minimum Gasteiger partial charge on any atom is -0.497 e. The number of carbonyl (C=O) groups is 1. The van der Waals surface area contributed by atoms with Gasteiger partial charge in [0.15, 0.2) is 0 Å². The molecular formula is C26H31N3O4. The zero-order valence-electron chi connectivity index (χ0n) is 19.6. The normalized spacial score (nSPS) is 15.2. The summed E-state index contributed by atoms with van der Waals surface area (Å²) < 4.78 is 16.7. The number of rotatable bonds is 10. The van der Waals surface area contributed by atoms with Crippen LogP contribution >= 0.6 is 0 Å².